The van der Waals surface area contributed by atoms with Crippen molar-refractivity contribution in [2.45, 2.75) is 44.9 Å². The van der Waals surface area contributed by atoms with Crippen LogP contribution in [0.3, 0.4) is 0 Å². The Labute approximate surface area is 174 Å². The first-order valence-electron chi connectivity index (χ1n) is 10.6. The fraction of sp³-hybridized carbons (Fsp3) is 0.478. The van der Waals surface area contributed by atoms with Gasteiger partial charge in [-0.25, -0.2) is 0 Å². The van der Waals surface area contributed by atoms with Gasteiger partial charge < -0.3 is 15.7 Å². The van der Waals surface area contributed by atoms with E-state index >= 15 is 0 Å². The van der Waals surface area contributed by atoms with Crippen molar-refractivity contribution in [3.8, 4) is 0 Å². The third-order valence-corrected chi connectivity index (χ3v) is 5.56. The van der Waals surface area contributed by atoms with Crippen LogP contribution in [0.1, 0.15) is 50.0 Å². The Morgan fingerprint density at radius 2 is 1.83 bits per heavy atom. The molecule has 1 aliphatic heterocycles. The minimum atomic E-state index is -0.623. The molecule has 2 atom stereocenters. The van der Waals surface area contributed by atoms with E-state index in [0.29, 0.717) is 18.6 Å². The lowest BCUT2D eigenvalue weighted by Gasteiger charge is -2.37. The average molecular weight is 396 g/mol. The Morgan fingerprint density at radius 3 is 2.48 bits per heavy atom. The van der Waals surface area contributed by atoms with Gasteiger partial charge in [0.05, 0.1) is 12.6 Å². The molecule has 1 aromatic heterocycles. The van der Waals surface area contributed by atoms with E-state index in [4.69, 9.17) is 0 Å². The maximum absolute atomic E-state index is 10.4. The minimum absolute atomic E-state index is 0.323. The summed E-state index contributed by atoms with van der Waals surface area (Å²) in [5.74, 6) is 0.773. The van der Waals surface area contributed by atoms with Crippen molar-refractivity contribution in [2.24, 2.45) is 4.99 Å². The van der Waals surface area contributed by atoms with Crippen molar-refractivity contribution in [1.82, 2.24) is 20.5 Å². The maximum atomic E-state index is 10.4. The van der Waals surface area contributed by atoms with Gasteiger partial charge in [0.2, 0.25) is 0 Å². The molecule has 1 aromatic carbocycles. The number of aliphatic imine (C=N–C) groups is 1. The van der Waals surface area contributed by atoms with Gasteiger partial charge in [-0.3, -0.25) is 14.9 Å². The molecule has 3 rings (SSSR count). The predicted molar refractivity (Wildman–Crippen MR) is 118 cm³/mol. The topological polar surface area (TPSA) is 72.8 Å². The summed E-state index contributed by atoms with van der Waals surface area (Å²) < 4.78 is 0. The number of nitrogens with one attached hydrogen (secondary N) is 2. The van der Waals surface area contributed by atoms with Crippen LogP contribution < -0.4 is 10.6 Å². The van der Waals surface area contributed by atoms with Crippen molar-refractivity contribution >= 4 is 5.96 Å². The lowest BCUT2D eigenvalue weighted by atomic mass is 10.0. The van der Waals surface area contributed by atoms with Crippen molar-refractivity contribution in [3.05, 3.63) is 66.0 Å². The van der Waals surface area contributed by atoms with Gasteiger partial charge in [0.25, 0.3) is 0 Å². The van der Waals surface area contributed by atoms with Crippen LogP contribution in [0.2, 0.25) is 0 Å². The second kappa shape index (κ2) is 10.9. The van der Waals surface area contributed by atoms with Gasteiger partial charge in [0.15, 0.2) is 5.96 Å². The molecule has 3 N–H and O–H groups in total. The summed E-state index contributed by atoms with van der Waals surface area (Å²) >= 11 is 0. The molecule has 2 heterocycles. The highest BCUT2D eigenvalue weighted by atomic mass is 16.3. The molecule has 2 unspecified atom stereocenters. The molecule has 0 saturated carbocycles. The van der Waals surface area contributed by atoms with E-state index in [-0.39, 0.29) is 0 Å². The van der Waals surface area contributed by atoms with Gasteiger partial charge in [0, 0.05) is 44.1 Å². The number of hydrogen-bond donors (Lipinski definition) is 3. The minimum Gasteiger partial charge on any atom is -0.386 e. The number of piperidine rings is 1. The van der Waals surface area contributed by atoms with Gasteiger partial charge in [-0.05, 0) is 49.9 Å². The molecule has 0 bridgehead atoms. The predicted octanol–water partition coefficient (Wildman–Crippen LogP) is 2.90. The fourth-order valence-corrected chi connectivity index (χ4v) is 3.76. The number of aliphatic hydroxyl groups excluding tert-OH is 1. The highest BCUT2D eigenvalue weighted by molar-refractivity contribution is 5.80. The molecule has 1 fully saturated rings. The van der Waals surface area contributed by atoms with Gasteiger partial charge in [0.1, 0.15) is 0 Å². The number of guanidine groups is 1. The van der Waals surface area contributed by atoms with Crippen molar-refractivity contribution < 1.29 is 5.11 Å². The summed E-state index contributed by atoms with van der Waals surface area (Å²) in [6.07, 6.45) is 4.91. The number of rotatable bonds is 7. The molecular weight excluding hydrogens is 362 g/mol. The van der Waals surface area contributed by atoms with Crippen LogP contribution in [0.5, 0.6) is 0 Å². The number of aliphatic hydroxyl groups is 1. The van der Waals surface area contributed by atoms with Crippen LogP contribution in [0.4, 0.5) is 0 Å². The Bertz CT molecular complexity index is 744. The SMILES string of the molecule is CCNC(=NCC(O)c1ccncc1)NC1CCN(C(C)c2ccccc2)CC1. The van der Waals surface area contributed by atoms with E-state index in [2.05, 4.69) is 69.7 Å². The zero-order valence-corrected chi connectivity index (χ0v) is 17.5. The quantitative estimate of drug-likeness (QED) is 0.497. The average Bonchev–Trinajstić information content (AvgIpc) is 2.78. The van der Waals surface area contributed by atoms with Gasteiger partial charge >= 0.3 is 0 Å². The number of aromatic nitrogens is 1. The first kappa shape index (κ1) is 21.3. The summed E-state index contributed by atoms with van der Waals surface area (Å²) in [7, 11) is 0. The first-order valence-corrected chi connectivity index (χ1v) is 10.6. The number of nitrogens with zero attached hydrogens (tertiary/aromatic N) is 3. The van der Waals surface area contributed by atoms with Crippen LogP contribution in [-0.2, 0) is 0 Å². The monoisotopic (exact) mass is 395 g/mol. The second-order valence-corrected chi connectivity index (χ2v) is 7.56. The Kier molecular flexibility index (Phi) is 8.02. The van der Waals surface area contributed by atoms with Crippen molar-refractivity contribution in [3.63, 3.8) is 0 Å². The molecule has 6 heteroatoms. The summed E-state index contributed by atoms with van der Waals surface area (Å²) in [6.45, 7) is 7.58. The fourth-order valence-electron chi connectivity index (χ4n) is 3.76. The Morgan fingerprint density at radius 1 is 1.14 bits per heavy atom. The summed E-state index contributed by atoms with van der Waals surface area (Å²) in [5.41, 5.74) is 2.21. The van der Waals surface area contributed by atoms with E-state index < -0.39 is 6.10 Å². The Balaban J connectivity index is 1.51. The lowest BCUT2D eigenvalue weighted by molar-refractivity contribution is 0.158. The zero-order chi connectivity index (χ0) is 20.5. The van der Waals surface area contributed by atoms with Gasteiger partial charge in [-0.1, -0.05) is 30.3 Å². The number of hydrogen-bond acceptors (Lipinski definition) is 4. The molecule has 0 radical (unpaired) electrons. The molecule has 1 saturated heterocycles. The van der Waals surface area contributed by atoms with E-state index in [1.807, 2.05) is 12.1 Å². The zero-order valence-electron chi connectivity index (χ0n) is 17.5. The highest BCUT2D eigenvalue weighted by Gasteiger charge is 2.24. The van der Waals surface area contributed by atoms with Crippen molar-refractivity contribution in [1.29, 1.82) is 0 Å². The molecule has 29 heavy (non-hydrogen) atoms. The maximum Gasteiger partial charge on any atom is 0.191 e. The summed E-state index contributed by atoms with van der Waals surface area (Å²) in [5, 5.41) is 17.2. The highest BCUT2D eigenvalue weighted by Crippen LogP contribution is 2.24. The van der Waals surface area contributed by atoms with Crippen LogP contribution in [0, 0.1) is 0 Å². The van der Waals surface area contributed by atoms with Crippen LogP contribution in [0.25, 0.3) is 0 Å². The number of pyridine rings is 1. The van der Waals surface area contributed by atoms with Crippen LogP contribution in [0.15, 0.2) is 59.9 Å². The van der Waals surface area contributed by atoms with E-state index in [1.165, 1.54) is 5.56 Å². The molecule has 0 spiro atoms. The normalized spacial score (nSPS) is 18.2. The molecule has 0 aliphatic carbocycles. The van der Waals surface area contributed by atoms with Crippen molar-refractivity contribution in [2.75, 3.05) is 26.2 Å². The second-order valence-electron chi connectivity index (χ2n) is 7.56. The molecule has 6 nitrogen and oxygen atoms in total. The molecule has 0 amide bonds. The Hall–Kier alpha value is -2.44. The third-order valence-electron chi connectivity index (χ3n) is 5.56. The summed E-state index contributed by atoms with van der Waals surface area (Å²) in [4.78, 5) is 11.1. The smallest absolute Gasteiger partial charge is 0.191 e. The van der Waals surface area contributed by atoms with Crippen LogP contribution >= 0.6 is 0 Å². The van der Waals surface area contributed by atoms with Crippen LogP contribution in [-0.4, -0.2) is 53.2 Å². The van der Waals surface area contributed by atoms with E-state index in [9.17, 15) is 5.11 Å². The van der Waals surface area contributed by atoms with E-state index in [0.717, 1.165) is 44.0 Å². The molecule has 156 valence electrons. The lowest BCUT2D eigenvalue weighted by Crippen LogP contribution is -2.49. The third kappa shape index (κ3) is 6.27. The number of likely N-dealkylation sites (tertiary alicyclic amines) is 1. The first-order chi connectivity index (χ1) is 14.2. The molecule has 2 aromatic rings. The van der Waals surface area contributed by atoms with E-state index in [1.54, 1.807) is 12.4 Å². The molecule has 1 aliphatic rings. The van der Waals surface area contributed by atoms with Gasteiger partial charge in [-0.2, -0.15) is 0 Å². The molecular formula is C23H33N5O. The summed E-state index contributed by atoms with van der Waals surface area (Å²) in [6, 6.07) is 15.2. The largest absolute Gasteiger partial charge is 0.386 e. The number of benzene rings is 1. The standard InChI is InChI=1S/C23H33N5O/c1-3-25-23(26-17-22(29)20-9-13-24-14-10-20)27-21-11-15-28(16-12-21)18(2)19-7-5-4-6-8-19/h4-10,13-14,18,21-22,29H,3,11-12,15-17H2,1-2H3,(H2,25,26,27). The van der Waals surface area contributed by atoms with Gasteiger partial charge in [-0.15, -0.1) is 0 Å².